The molecule has 6 heteroatoms. The minimum atomic E-state index is -4.67. The summed E-state index contributed by atoms with van der Waals surface area (Å²) < 4.78 is 39.9. The van der Waals surface area contributed by atoms with Crippen molar-refractivity contribution in [3.8, 4) is 5.75 Å². The van der Waals surface area contributed by atoms with Crippen LogP contribution in [0.3, 0.4) is 0 Å². The molecule has 0 aliphatic rings. The molecule has 1 aromatic carbocycles. The van der Waals surface area contributed by atoms with E-state index in [0.29, 0.717) is 11.5 Å². The Labute approximate surface area is 111 Å². The second-order valence-corrected chi connectivity index (χ2v) is 4.36. The highest BCUT2D eigenvalue weighted by Gasteiger charge is 2.31. The van der Waals surface area contributed by atoms with Gasteiger partial charge in [-0.1, -0.05) is 26.0 Å². The van der Waals surface area contributed by atoms with Crippen LogP contribution in [0.4, 0.5) is 13.2 Å². The largest absolute Gasteiger partial charge is 0.573 e. The monoisotopic (exact) mass is 283 g/mol. The number of ether oxygens (including phenoxy) is 1. The first kappa shape index (κ1) is 17.1. The number of rotatable bonds is 4. The van der Waals surface area contributed by atoms with Gasteiger partial charge in [0, 0.05) is 6.04 Å². The Morgan fingerprint density at radius 2 is 1.89 bits per heavy atom. The second kappa shape index (κ2) is 6.85. The molecule has 0 spiro atoms. The molecule has 0 unspecified atom stereocenters. The lowest BCUT2D eigenvalue weighted by Crippen LogP contribution is -2.18. The fourth-order valence-corrected chi connectivity index (χ4v) is 1.59. The van der Waals surface area contributed by atoms with Crippen LogP contribution in [0.1, 0.15) is 31.9 Å². The van der Waals surface area contributed by atoms with Gasteiger partial charge in [0.15, 0.2) is 0 Å². The predicted molar refractivity (Wildman–Crippen MR) is 66.8 cm³/mol. The highest BCUT2D eigenvalue weighted by atomic mass is 35.5. The molecule has 104 valence electrons. The smallest absolute Gasteiger partial charge is 0.406 e. The van der Waals surface area contributed by atoms with Gasteiger partial charge in [0.25, 0.3) is 0 Å². The molecule has 0 aromatic heterocycles. The van der Waals surface area contributed by atoms with Crippen LogP contribution in [-0.2, 0) is 0 Å². The van der Waals surface area contributed by atoms with E-state index in [2.05, 4.69) is 4.74 Å². The molecule has 0 fully saturated rings. The molecule has 0 saturated carbocycles. The summed E-state index contributed by atoms with van der Waals surface area (Å²) in [5.41, 5.74) is 6.54. The van der Waals surface area contributed by atoms with E-state index >= 15 is 0 Å². The number of benzene rings is 1. The average Bonchev–Trinajstić information content (AvgIpc) is 2.14. The van der Waals surface area contributed by atoms with Gasteiger partial charge in [-0.15, -0.1) is 25.6 Å². The van der Waals surface area contributed by atoms with Crippen molar-refractivity contribution in [3.63, 3.8) is 0 Å². The van der Waals surface area contributed by atoms with E-state index in [1.54, 1.807) is 6.07 Å². The molecule has 1 aromatic rings. The van der Waals surface area contributed by atoms with Crippen LogP contribution in [0, 0.1) is 5.92 Å². The molecule has 1 rings (SSSR count). The van der Waals surface area contributed by atoms with Crippen LogP contribution in [0.25, 0.3) is 0 Å². The molecule has 0 heterocycles. The van der Waals surface area contributed by atoms with Gasteiger partial charge in [0.1, 0.15) is 5.75 Å². The molecule has 18 heavy (non-hydrogen) atoms. The maximum atomic E-state index is 12.0. The van der Waals surface area contributed by atoms with Gasteiger partial charge >= 0.3 is 6.36 Å². The Morgan fingerprint density at radius 1 is 1.28 bits per heavy atom. The van der Waals surface area contributed by atoms with Gasteiger partial charge in [-0.3, -0.25) is 0 Å². The normalized spacial score (nSPS) is 13.1. The molecule has 0 saturated heterocycles. The summed E-state index contributed by atoms with van der Waals surface area (Å²) in [4.78, 5) is 0. The van der Waals surface area contributed by atoms with Crippen molar-refractivity contribution >= 4 is 12.4 Å². The molecule has 2 nitrogen and oxygen atoms in total. The average molecular weight is 284 g/mol. The maximum Gasteiger partial charge on any atom is 0.573 e. The molecule has 0 amide bonds. The quantitative estimate of drug-likeness (QED) is 0.904. The molecule has 1 atom stereocenters. The van der Waals surface area contributed by atoms with E-state index in [1.807, 2.05) is 13.8 Å². The van der Waals surface area contributed by atoms with Gasteiger partial charge in [-0.2, -0.15) is 0 Å². The Kier molecular flexibility index (Phi) is 6.49. The second-order valence-electron chi connectivity index (χ2n) is 4.36. The molecule has 2 N–H and O–H groups in total. The van der Waals surface area contributed by atoms with Crippen LogP contribution in [-0.4, -0.2) is 6.36 Å². The molecule has 0 aliphatic heterocycles. The number of hydrogen-bond donors (Lipinski definition) is 1. The summed E-state index contributed by atoms with van der Waals surface area (Å²) in [6.07, 6.45) is -3.95. The topological polar surface area (TPSA) is 35.2 Å². The Balaban J connectivity index is 0.00000289. The van der Waals surface area contributed by atoms with Crippen molar-refractivity contribution in [3.05, 3.63) is 29.8 Å². The summed E-state index contributed by atoms with van der Waals surface area (Å²) in [5, 5.41) is 0. The lowest BCUT2D eigenvalue weighted by molar-refractivity contribution is -0.274. The van der Waals surface area contributed by atoms with E-state index < -0.39 is 6.36 Å². The zero-order valence-electron chi connectivity index (χ0n) is 10.2. The zero-order chi connectivity index (χ0) is 13.1. The van der Waals surface area contributed by atoms with Crippen LogP contribution in [0.2, 0.25) is 0 Å². The van der Waals surface area contributed by atoms with Gasteiger partial charge < -0.3 is 10.5 Å². The van der Waals surface area contributed by atoms with E-state index in [1.165, 1.54) is 18.2 Å². The molecule has 0 aliphatic carbocycles. The van der Waals surface area contributed by atoms with Gasteiger partial charge in [0.2, 0.25) is 0 Å². The first-order valence-electron chi connectivity index (χ1n) is 5.39. The molecular formula is C12H17ClF3NO. The van der Waals surface area contributed by atoms with Crippen LogP contribution < -0.4 is 10.5 Å². The minimum Gasteiger partial charge on any atom is -0.406 e. The van der Waals surface area contributed by atoms with E-state index in [0.717, 1.165) is 6.42 Å². The fraction of sp³-hybridized carbons (Fsp3) is 0.500. The van der Waals surface area contributed by atoms with E-state index in [-0.39, 0.29) is 24.2 Å². The first-order chi connectivity index (χ1) is 7.78. The van der Waals surface area contributed by atoms with Crippen molar-refractivity contribution in [2.75, 3.05) is 0 Å². The maximum absolute atomic E-state index is 12.0. The molecule has 0 bridgehead atoms. The highest BCUT2D eigenvalue weighted by molar-refractivity contribution is 5.85. The van der Waals surface area contributed by atoms with Crippen molar-refractivity contribution in [1.82, 2.24) is 0 Å². The van der Waals surface area contributed by atoms with Crippen LogP contribution in [0.5, 0.6) is 5.75 Å². The SMILES string of the molecule is CC(C)C[C@H](N)c1cccc(OC(F)(F)F)c1.Cl. The standard InChI is InChI=1S/C12H16F3NO.ClH/c1-8(2)6-11(16)9-4-3-5-10(7-9)17-12(13,14)15;/h3-5,7-8,11H,6,16H2,1-2H3;1H/t11-;/m0./s1. The third-order valence-corrected chi connectivity index (χ3v) is 2.25. The Hall–Kier alpha value is -0.940. The highest BCUT2D eigenvalue weighted by Crippen LogP contribution is 2.26. The third kappa shape index (κ3) is 6.12. The summed E-state index contributed by atoms with van der Waals surface area (Å²) in [5.74, 6) is 0.159. The van der Waals surface area contributed by atoms with E-state index in [9.17, 15) is 13.2 Å². The van der Waals surface area contributed by atoms with Gasteiger partial charge in [-0.05, 0) is 30.0 Å². The van der Waals surface area contributed by atoms with Crippen molar-refractivity contribution in [2.24, 2.45) is 11.7 Å². The zero-order valence-corrected chi connectivity index (χ0v) is 11.0. The lowest BCUT2D eigenvalue weighted by atomic mass is 9.98. The molecular weight excluding hydrogens is 267 g/mol. The number of alkyl halides is 3. The number of halogens is 4. The minimum absolute atomic E-state index is 0. The first-order valence-corrected chi connectivity index (χ1v) is 5.39. The summed E-state index contributed by atoms with van der Waals surface area (Å²) >= 11 is 0. The van der Waals surface area contributed by atoms with Crippen LogP contribution >= 0.6 is 12.4 Å². The number of hydrogen-bond acceptors (Lipinski definition) is 2. The van der Waals surface area contributed by atoms with Crippen molar-refractivity contribution in [2.45, 2.75) is 32.7 Å². The van der Waals surface area contributed by atoms with E-state index in [4.69, 9.17) is 5.73 Å². The van der Waals surface area contributed by atoms with Gasteiger partial charge in [0.05, 0.1) is 0 Å². The van der Waals surface area contributed by atoms with Crippen molar-refractivity contribution < 1.29 is 17.9 Å². The molecule has 0 radical (unpaired) electrons. The Bertz CT molecular complexity index is 369. The van der Waals surface area contributed by atoms with Crippen LogP contribution in [0.15, 0.2) is 24.3 Å². The third-order valence-electron chi connectivity index (χ3n) is 2.25. The Morgan fingerprint density at radius 3 is 2.39 bits per heavy atom. The summed E-state index contributed by atoms with van der Waals surface area (Å²) in [6, 6.07) is 5.54. The summed E-state index contributed by atoms with van der Waals surface area (Å²) in [6.45, 7) is 4.02. The lowest BCUT2D eigenvalue weighted by Gasteiger charge is -2.16. The number of nitrogens with two attached hydrogens (primary N) is 1. The fourth-order valence-electron chi connectivity index (χ4n) is 1.59. The van der Waals surface area contributed by atoms with Crippen molar-refractivity contribution in [1.29, 1.82) is 0 Å². The summed E-state index contributed by atoms with van der Waals surface area (Å²) in [7, 11) is 0. The predicted octanol–water partition coefficient (Wildman–Crippen LogP) is 4.05. The van der Waals surface area contributed by atoms with Gasteiger partial charge in [-0.25, -0.2) is 0 Å².